The second-order valence-electron chi connectivity index (χ2n) is 7.35. The summed E-state index contributed by atoms with van der Waals surface area (Å²) in [5.41, 5.74) is 3.87. The first kappa shape index (κ1) is 22.5. The van der Waals surface area contributed by atoms with E-state index in [4.69, 9.17) is 4.74 Å². The predicted octanol–water partition coefficient (Wildman–Crippen LogP) is 6.25. The third kappa shape index (κ3) is 5.78. The number of rotatable bonds is 7. The Kier molecular flexibility index (Phi) is 7.04. The summed E-state index contributed by atoms with van der Waals surface area (Å²) in [6, 6.07) is 20.7. The predicted molar refractivity (Wildman–Crippen MR) is 131 cm³/mol. The van der Waals surface area contributed by atoms with Gasteiger partial charge in [-0.2, -0.15) is 5.10 Å². The van der Waals surface area contributed by atoms with Crippen molar-refractivity contribution in [3.05, 3.63) is 94.8 Å². The number of carbonyl (C=O) groups is 1. The van der Waals surface area contributed by atoms with Crippen molar-refractivity contribution in [1.29, 1.82) is 0 Å². The largest absolute Gasteiger partial charge is 0.493 e. The first-order chi connectivity index (χ1) is 16.0. The molecule has 3 aromatic carbocycles. The summed E-state index contributed by atoms with van der Waals surface area (Å²) in [7, 11) is 1.84. The van der Waals surface area contributed by atoms with Crippen molar-refractivity contribution in [2.45, 2.75) is 6.42 Å². The molecule has 0 fully saturated rings. The number of hydrogen-bond acceptors (Lipinski definition) is 3. The van der Waals surface area contributed by atoms with Crippen LogP contribution in [0.1, 0.15) is 5.56 Å². The highest BCUT2D eigenvalue weighted by Crippen LogP contribution is 2.36. The van der Waals surface area contributed by atoms with Gasteiger partial charge in [0, 0.05) is 30.4 Å². The zero-order valence-electron chi connectivity index (χ0n) is 17.9. The van der Waals surface area contributed by atoms with Gasteiger partial charge < -0.3 is 15.4 Å². The van der Waals surface area contributed by atoms with Crippen LogP contribution in [-0.4, -0.2) is 22.4 Å². The highest BCUT2D eigenvalue weighted by Gasteiger charge is 2.16. The molecule has 1 heterocycles. The number of benzene rings is 3. The van der Waals surface area contributed by atoms with E-state index >= 15 is 0 Å². The Labute approximate surface area is 199 Å². The van der Waals surface area contributed by atoms with Crippen molar-refractivity contribution in [2.24, 2.45) is 7.05 Å². The first-order valence-corrected chi connectivity index (χ1v) is 11.1. The molecule has 2 amide bonds. The van der Waals surface area contributed by atoms with Crippen LogP contribution in [0.15, 0.2) is 83.5 Å². The average molecular weight is 509 g/mol. The maximum Gasteiger partial charge on any atom is 0.323 e. The minimum Gasteiger partial charge on any atom is -0.493 e. The van der Waals surface area contributed by atoms with Gasteiger partial charge in [-0.25, -0.2) is 9.18 Å². The van der Waals surface area contributed by atoms with Gasteiger partial charge in [-0.3, -0.25) is 4.68 Å². The molecule has 2 N–H and O–H groups in total. The number of halogens is 2. The van der Waals surface area contributed by atoms with E-state index < -0.39 is 6.03 Å². The van der Waals surface area contributed by atoms with E-state index in [0.717, 1.165) is 22.2 Å². The summed E-state index contributed by atoms with van der Waals surface area (Å²) < 4.78 is 21.8. The molecule has 8 heteroatoms. The number of nitrogens with one attached hydrogen (secondary N) is 2. The molecule has 0 spiro atoms. The van der Waals surface area contributed by atoms with E-state index in [0.29, 0.717) is 23.7 Å². The Balaban J connectivity index is 1.53. The number of ether oxygens (including phenoxy) is 1. The van der Waals surface area contributed by atoms with E-state index in [1.165, 1.54) is 29.8 Å². The van der Waals surface area contributed by atoms with Crippen LogP contribution in [-0.2, 0) is 13.5 Å². The van der Waals surface area contributed by atoms with E-state index in [9.17, 15) is 9.18 Å². The quantitative estimate of drug-likeness (QED) is 0.309. The van der Waals surface area contributed by atoms with Crippen molar-refractivity contribution >= 4 is 33.3 Å². The lowest BCUT2D eigenvalue weighted by molar-refractivity contribution is 0.262. The summed E-state index contributed by atoms with van der Waals surface area (Å²) in [6.07, 6.45) is 2.48. The van der Waals surface area contributed by atoms with Crippen LogP contribution < -0.4 is 15.4 Å². The number of urea groups is 1. The zero-order valence-corrected chi connectivity index (χ0v) is 19.5. The molecule has 1 aromatic heterocycles. The minimum absolute atomic E-state index is 0.366. The molecule has 0 unspecified atom stereocenters. The van der Waals surface area contributed by atoms with Crippen LogP contribution in [0.4, 0.5) is 20.6 Å². The van der Waals surface area contributed by atoms with Crippen molar-refractivity contribution in [1.82, 2.24) is 9.78 Å². The lowest BCUT2D eigenvalue weighted by Gasteiger charge is -2.15. The topological polar surface area (TPSA) is 68.2 Å². The Morgan fingerprint density at radius 2 is 1.73 bits per heavy atom. The molecule has 4 rings (SSSR count). The summed E-state index contributed by atoms with van der Waals surface area (Å²) in [5.74, 6) is 0.315. The van der Waals surface area contributed by atoms with Gasteiger partial charge in [-0.05, 0) is 64.0 Å². The number of aryl methyl sites for hydroxylation is 1. The Hall–Kier alpha value is -3.65. The fourth-order valence-electron chi connectivity index (χ4n) is 3.38. The average Bonchev–Trinajstić information content (AvgIpc) is 3.14. The SMILES string of the molecule is Cn1ncc(Br)c1-c1cc(NC(=O)Nc2ccc(F)cc2)ccc1OCCc1ccccc1. The number of nitrogens with zero attached hydrogens (tertiary/aromatic N) is 2. The molecule has 33 heavy (non-hydrogen) atoms. The van der Waals surface area contributed by atoms with E-state index in [-0.39, 0.29) is 5.82 Å². The fraction of sp³-hybridized carbons (Fsp3) is 0.120. The van der Waals surface area contributed by atoms with E-state index in [1.807, 2.05) is 37.4 Å². The zero-order chi connectivity index (χ0) is 23.2. The van der Waals surface area contributed by atoms with Gasteiger partial charge in [0.05, 0.1) is 23.0 Å². The summed E-state index contributed by atoms with van der Waals surface area (Å²) in [6.45, 7) is 0.504. The lowest BCUT2D eigenvalue weighted by Crippen LogP contribution is -2.19. The molecule has 168 valence electrons. The van der Waals surface area contributed by atoms with Gasteiger partial charge in [0.2, 0.25) is 0 Å². The Morgan fingerprint density at radius 3 is 2.42 bits per heavy atom. The second kappa shape index (κ2) is 10.3. The van der Waals surface area contributed by atoms with Crippen molar-refractivity contribution in [2.75, 3.05) is 17.2 Å². The van der Waals surface area contributed by atoms with Gasteiger partial charge in [-0.15, -0.1) is 0 Å². The molecule has 0 saturated heterocycles. The number of anilines is 2. The van der Waals surface area contributed by atoms with Crippen LogP contribution in [0.5, 0.6) is 5.75 Å². The normalized spacial score (nSPS) is 10.6. The molecule has 0 radical (unpaired) electrons. The highest BCUT2D eigenvalue weighted by molar-refractivity contribution is 9.10. The van der Waals surface area contributed by atoms with Gasteiger partial charge >= 0.3 is 6.03 Å². The smallest absolute Gasteiger partial charge is 0.323 e. The van der Waals surface area contributed by atoms with Crippen LogP contribution >= 0.6 is 15.9 Å². The number of hydrogen-bond donors (Lipinski definition) is 2. The van der Waals surface area contributed by atoms with Crippen LogP contribution in [0.25, 0.3) is 11.3 Å². The lowest BCUT2D eigenvalue weighted by atomic mass is 10.1. The fourth-order valence-corrected chi connectivity index (χ4v) is 3.94. The number of carbonyl (C=O) groups excluding carboxylic acids is 1. The van der Waals surface area contributed by atoms with Crippen LogP contribution in [0.2, 0.25) is 0 Å². The molecule has 4 aromatic rings. The maximum absolute atomic E-state index is 13.1. The summed E-state index contributed by atoms with van der Waals surface area (Å²) in [4.78, 5) is 12.4. The molecule has 6 nitrogen and oxygen atoms in total. The monoisotopic (exact) mass is 508 g/mol. The van der Waals surface area contributed by atoms with Crippen molar-refractivity contribution < 1.29 is 13.9 Å². The van der Waals surface area contributed by atoms with Crippen molar-refractivity contribution in [3.63, 3.8) is 0 Å². The molecule has 0 aliphatic heterocycles. The third-order valence-electron chi connectivity index (χ3n) is 4.98. The molecule has 0 aliphatic rings. The molecular weight excluding hydrogens is 487 g/mol. The van der Waals surface area contributed by atoms with Crippen LogP contribution in [0.3, 0.4) is 0 Å². The van der Waals surface area contributed by atoms with Gasteiger partial charge in [0.25, 0.3) is 0 Å². The summed E-state index contributed by atoms with van der Waals surface area (Å²) in [5, 5.41) is 9.80. The first-order valence-electron chi connectivity index (χ1n) is 10.3. The van der Waals surface area contributed by atoms with Crippen molar-refractivity contribution in [3.8, 4) is 17.0 Å². The standard InChI is InChI=1S/C25H22BrFN4O2/c1-31-24(22(26)16-28-31)21-15-20(30-25(32)29-19-9-7-18(27)8-10-19)11-12-23(21)33-14-13-17-5-3-2-4-6-17/h2-12,15-16H,13-14H2,1H3,(H2,29,30,32). The third-order valence-corrected chi connectivity index (χ3v) is 5.56. The van der Waals surface area contributed by atoms with Gasteiger partial charge in [-0.1, -0.05) is 30.3 Å². The molecule has 0 saturated carbocycles. The Bertz CT molecular complexity index is 1220. The molecule has 0 aliphatic carbocycles. The molecule has 0 bridgehead atoms. The number of aromatic nitrogens is 2. The van der Waals surface area contributed by atoms with Crippen LogP contribution in [0, 0.1) is 5.82 Å². The Morgan fingerprint density at radius 1 is 1.03 bits per heavy atom. The van der Waals surface area contributed by atoms with E-state index in [1.54, 1.807) is 16.9 Å². The molecule has 0 atom stereocenters. The maximum atomic E-state index is 13.1. The van der Waals surface area contributed by atoms with Gasteiger partial charge in [0.1, 0.15) is 11.6 Å². The van der Waals surface area contributed by atoms with Gasteiger partial charge in [0.15, 0.2) is 0 Å². The summed E-state index contributed by atoms with van der Waals surface area (Å²) >= 11 is 3.55. The van der Waals surface area contributed by atoms with E-state index in [2.05, 4.69) is 43.8 Å². The molecular formula is C25H22BrFN4O2. The highest BCUT2D eigenvalue weighted by atomic mass is 79.9. The minimum atomic E-state index is -0.436. The second-order valence-corrected chi connectivity index (χ2v) is 8.20. The number of amides is 2.